The predicted molar refractivity (Wildman–Crippen MR) is 69.8 cm³/mol. The number of nitrogens with two attached hydrogens (primary N) is 1. The Balaban J connectivity index is 2.70. The van der Waals surface area contributed by atoms with Gasteiger partial charge in [0.25, 0.3) is 0 Å². The highest BCUT2D eigenvalue weighted by atomic mass is 16.5. The summed E-state index contributed by atoms with van der Waals surface area (Å²) in [4.78, 5) is 10.6. The fourth-order valence-electron chi connectivity index (χ4n) is 1.81. The topological polar surface area (TPSA) is 84.6 Å². The molecule has 1 atom stereocenters. The number of rotatable bonds is 6. The lowest BCUT2D eigenvalue weighted by molar-refractivity contribution is -0.138. The van der Waals surface area contributed by atoms with Gasteiger partial charge in [0.15, 0.2) is 0 Å². The molecule has 0 bridgehead atoms. The molecule has 100 valence electrons. The number of hydrogen-bond donors (Lipinski definition) is 3. The van der Waals surface area contributed by atoms with Gasteiger partial charge < -0.3 is 20.9 Å². The van der Waals surface area contributed by atoms with Crippen LogP contribution < -0.4 is 15.8 Å². The highest BCUT2D eigenvalue weighted by molar-refractivity contribution is 5.73. The van der Waals surface area contributed by atoms with Gasteiger partial charge in [-0.05, 0) is 31.0 Å². The van der Waals surface area contributed by atoms with Crippen molar-refractivity contribution in [2.45, 2.75) is 26.4 Å². The molecule has 1 rings (SSSR count). The van der Waals surface area contributed by atoms with Crippen molar-refractivity contribution in [3.05, 3.63) is 28.8 Å². The minimum Gasteiger partial charge on any atom is -0.496 e. The number of aryl methyl sites for hydroxylation is 2. The van der Waals surface area contributed by atoms with E-state index in [9.17, 15) is 4.79 Å². The van der Waals surface area contributed by atoms with E-state index in [1.807, 2.05) is 19.9 Å². The Morgan fingerprint density at radius 1 is 1.50 bits per heavy atom. The average Bonchev–Trinajstić information content (AvgIpc) is 2.30. The Morgan fingerprint density at radius 3 is 2.72 bits per heavy atom. The van der Waals surface area contributed by atoms with E-state index in [0.717, 1.165) is 22.4 Å². The lowest BCUT2D eigenvalue weighted by Crippen LogP contribution is -2.40. The molecule has 18 heavy (non-hydrogen) atoms. The number of carboxylic acids is 1. The minimum absolute atomic E-state index is 0.228. The minimum atomic E-state index is -1.00. The average molecular weight is 252 g/mol. The molecule has 0 saturated heterocycles. The second kappa shape index (κ2) is 6.37. The molecule has 1 aromatic carbocycles. The quantitative estimate of drug-likeness (QED) is 0.698. The first kappa shape index (κ1) is 14.5. The van der Waals surface area contributed by atoms with Crippen molar-refractivity contribution < 1.29 is 14.6 Å². The summed E-state index contributed by atoms with van der Waals surface area (Å²) in [6, 6.07) is 3.14. The molecule has 0 amide bonds. The molecule has 0 aliphatic heterocycles. The maximum Gasteiger partial charge on any atom is 0.321 e. The standard InChI is InChI=1S/C13H20N2O3/c1-8-4-9(2)10(12(5-8)18-3)6-15-7-11(14)13(16)17/h4-5,11,15H,6-7,14H2,1-3H3,(H,16,17). The van der Waals surface area contributed by atoms with Crippen LogP contribution in [0.3, 0.4) is 0 Å². The number of benzene rings is 1. The van der Waals surface area contributed by atoms with Crippen molar-refractivity contribution in [3.8, 4) is 5.75 Å². The van der Waals surface area contributed by atoms with Crippen LogP contribution in [0.5, 0.6) is 5.75 Å². The molecule has 1 aromatic rings. The molecule has 1 unspecified atom stereocenters. The van der Waals surface area contributed by atoms with Crippen LogP contribution in [-0.2, 0) is 11.3 Å². The number of carboxylic acid groups (broad SMARTS) is 1. The molecule has 0 aromatic heterocycles. The number of nitrogens with one attached hydrogen (secondary N) is 1. The number of ether oxygens (including phenoxy) is 1. The molecule has 5 heteroatoms. The number of carbonyl (C=O) groups is 1. The van der Waals surface area contributed by atoms with Crippen LogP contribution in [0.2, 0.25) is 0 Å². The van der Waals surface area contributed by atoms with Crippen LogP contribution in [-0.4, -0.2) is 30.8 Å². The summed E-state index contributed by atoms with van der Waals surface area (Å²) in [6.45, 7) is 4.78. The third-order valence-corrected chi connectivity index (χ3v) is 2.78. The van der Waals surface area contributed by atoms with Crippen LogP contribution in [0.1, 0.15) is 16.7 Å². The van der Waals surface area contributed by atoms with E-state index >= 15 is 0 Å². The summed E-state index contributed by atoms with van der Waals surface area (Å²) in [5.41, 5.74) is 8.70. The predicted octanol–water partition coefficient (Wildman–Crippen LogP) is 0.814. The molecular weight excluding hydrogens is 232 g/mol. The summed E-state index contributed by atoms with van der Waals surface area (Å²) in [5, 5.41) is 11.7. The molecule has 0 fully saturated rings. The van der Waals surface area contributed by atoms with E-state index in [4.69, 9.17) is 15.6 Å². The van der Waals surface area contributed by atoms with E-state index in [2.05, 4.69) is 11.4 Å². The van der Waals surface area contributed by atoms with Crippen LogP contribution in [0.15, 0.2) is 12.1 Å². The maximum atomic E-state index is 10.6. The Bertz CT molecular complexity index is 432. The zero-order valence-electron chi connectivity index (χ0n) is 11.0. The van der Waals surface area contributed by atoms with Crippen molar-refractivity contribution in [3.63, 3.8) is 0 Å². The molecule has 0 radical (unpaired) electrons. The van der Waals surface area contributed by atoms with Crippen LogP contribution in [0.25, 0.3) is 0 Å². The fraction of sp³-hybridized carbons (Fsp3) is 0.462. The van der Waals surface area contributed by atoms with Crippen LogP contribution in [0.4, 0.5) is 0 Å². The van der Waals surface area contributed by atoms with Gasteiger partial charge in [0.05, 0.1) is 7.11 Å². The second-order valence-corrected chi connectivity index (χ2v) is 4.34. The number of methoxy groups -OCH3 is 1. The van der Waals surface area contributed by atoms with Crippen LogP contribution in [0, 0.1) is 13.8 Å². The number of hydrogen-bond acceptors (Lipinski definition) is 4. The zero-order chi connectivity index (χ0) is 13.7. The largest absolute Gasteiger partial charge is 0.496 e. The summed E-state index contributed by atoms with van der Waals surface area (Å²) < 4.78 is 5.32. The molecule has 4 N–H and O–H groups in total. The monoisotopic (exact) mass is 252 g/mol. The Labute approximate surface area is 107 Å². The smallest absolute Gasteiger partial charge is 0.321 e. The molecule has 5 nitrogen and oxygen atoms in total. The van der Waals surface area contributed by atoms with E-state index in [1.54, 1.807) is 7.11 Å². The van der Waals surface area contributed by atoms with Crippen LogP contribution >= 0.6 is 0 Å². The zero-order valence-corrected chi connectivity index (χ0v) is 11.0. The van der Waals surface area contributed by atoms with Gasteiger partial charge in [0.1, 0.15) is 11.8 Å². The summed E-state index contributed by atoms with van der Waals surface area (Å²) >= 11 is 0. The lowest BCUT2D eigenvalue weighted by atomic mass is 10.0. The number of aliphatic carboxylic acids is 1. The van der Waals surface area contributed by atoms with Gasteiger partial charge in [-0.1, -0.05) is 6.07 Å². The van der Waals surface area contributed by atoms with E-state index in [0.29, 0.717) is 6.54 Å². The third-order valence-electron chi connectivity index (χ3n) is 2.78. The lowest BCUT2D eigenvalue weighted by Gasteiger charge is -2.14. The molecule has 0 heterocycles. The fourth-order valence-corrected chi connectivity index (χ4v) is 1.81. The normalized spacial score (nSPS) is 12.2. The summed E-state index contributed by atoms with van der Waals surface area (Å²) in [7, 11) is 1.63. The van der Waals surface area contributed by atoms with Crippen molar-refractivity contribution >= 4 is 5.97 Å². The SMILES string of the molecule is COc1cc(C)cc(C)c1CNCC(N)C(=O)O. The highest BCUT2D eigenvalue weighted by Gasteiger charge is 2.12. The molecule has 0 aliphatic rings. The Kier molecular flexibility index (Phi) is 5.12. The van der Waals surface area contributed by atoms with Gasteiger partial charge in [0.2, 0.25) is 0 Å². The van der Waals surface area contributed by atoms with Gasteiger partial charge in [-0.25, -0.2) is 0 Å². The first-order chi connectivity index (χ1) is 8.45. The Morgan fingerprint density at radius 2 is 2.17 bits per heavy atom. The van der Waals surface area contributed by atoms with Gasteiger partial charge in [-0.15, -0.1) is 0 Å². The first-order valence-electron chi connectivity index (χ1n) is 5.79. The maximum absolute atomic E-state index is 10.6. The van der Waals surface area contributed by atoms with E-state index in [-0.39, 0.29) is 6.54 Å². The van der Waals surface area contributed by atoms with Gasteiger partial charge >= 0.3 is 5.97 Å². The molecule has 0 saturated carbocycles. The third kappa shape index (κ3) is 3.72. The van der Waals surface area contributed by atoms with Gasteiger partial charge in [-0.3, -0.25) is 4.79 Å². The van der Waals surface area contributed by atoms with Crippen molar-refractivity contribution in [2.24, 2.45) is 5.73 Å². The molecule has 0 aliphatic carbocycles. The molecule has 0 spiro atoms. The van der Waals surface area contributed by atoms with Gasteiger partial charge in [-0.2, -0.15) is 0 Å². The van der Waals surface area contributed by atoms with Gasteiger partial charge in [0, 0.05) is 18.7 Å². The van der Waals surface area contributed by atoms with E-state index < -0.39 is 12.0 Å². The Hall–Kier alpha value is -1.59. The van der Waals surface area contributed by atoms with Crippen molar-refractivity contribution in [2.75, 3.05) is 13.7 Å². The highest BCUT2D eigenvalue weighted by Crippen LogP contribution is 2.23. The van der Waals surface area contributed by atoms with Crippen molar-refractivity contribution in [1.29, 1.82) is 0 Å². The summed E-state index contributed by atoms with van der Waals surface area (Å²) in [6.07, 6.45) is 0. The first-order valence-corrected chi connectivity index (χ1v) is 5.79. The van der Waals surface area contributed by atoms with Crippen molar-refractivity contribution in [1.82, 2.24) is 5.32 Å². The molecular formula is C13H20N2O3. The second-order valence-electron chi connectivity index (χ2n) is 4.34. The summed E-state index contributed by atoms with van der Waals surface area (Å²) in [5.74, 6) is -0.195. The van der Waals surface area contributed by atoms with E-state index in [1.165, 1.54) is 0 Å².